The van der Waals surface area contributed by atoms with Crippen molar-refractivity contribution in [3.05, 3.63) is 65.7 Å². The molecule has 2 atom stereocenters. The number of alkyl carbamates (subject to hydrolysis) is 1. The summed E-state index contributed by atoms with van der Waals surface area (Å²) < 4.78 is 34.7. The summed E-state index contributed by atoms with van der Waals surface area (Å²) in [7, 11) is -4.01. The summed E-state index contributed by atoms with van der Waals surface area (Å²) in [5.41, 5.74) is 0.623. The van der Waals surface area contributed by atoms with E-state index in [-0.39, 0.29) is 29.9 Å². The molecule has 2 aromatic carbocycles. The van der Waals surface area contributed by atoms with Gasteiger partial charge in [-0.25, -0.2) is 13.2 Å². The predicted octanol–water partition coefficient (Wildman–Crippen LogP) is 4.77. The Morgan fingerprint density at radius 2 is 1.66 bits per heavy atom. The van der Waals surface area contributed by atoms with Crippen molar-refractivity contribution in [1.82, 2.24) is 9.62 Å². The normalized spacial score (nSPS) is 13.5. The van der Waals surface area contributed by atoms with E-state index in [9.17, 15) is 23.6 Å². The van der Waals surface area contributed by atoms with Crippen LogP contribution in [0.25, 0.3) is 0 Å². The fourth-order valence-electron chi connectivity index (χ4n) is 4.65. The Balaban J connectivity index is 0.00000840. The number of aryl methyl sites for hydroxylation is 1. The summed E-state index contributed by atoms with van der Waals surface area (Å²) in [6.45, 7) is 11.0. The van der Waals surface area contributed by atoms with Crippen molar-refractivity contribution in [2.24, 2.45) is 5.41 Å². The van der Waals surface area contributed by atoms with E-state index in [4.69, 9.17) is 4.74 Å². The highest BCUT2D eigenvalue weighted by atomic mass is 32.2. The average molecular weight is 590 g/mol. The lowest BCUT2D eigenvalue weighted by Crippen LogP contribution is -2.53. The number of carbonyl (C=O) groups is 1. The number of rotatable bonds is 14. The molecule has 0 bridgehead atoms. The fraction of sp³-hybridized carbons (Fsp3) is 0.548. The fourth-order valence-corrected chi connectivity index (χ4v) is 6.23. The lowest BCUT2D eigenvalue weighted by molar-refractivity contribution is 0.0385. The van der Waals surface area contributed by atoms with Gasteiger partial charge in [0.2, 0.25) is 10.0 Å². The molecular formula is C31H47N3O6S. The van der Waals surface area contributed by atoms with Gasteiger partial charge in [0.25, 0.3) is 0 Å². The minimum atomic E-state index is -4.01. The second-order valence-electron chi connectivity index (χ2n) is 11.5. The first-order valence-electron chi connectivity index (χ1n) is 13.9. The number of aliphatic hydroxyl groups is 1. The molecule has 0 spiro atoms. The van der Waals surface area contributed by atoms with Crippen LogP contribution < -0.4 is 5.32 Å². The molecule has 1 amide bonds. The Hall–Kier alpha value is -2.97. The second kappa shape index (κ2) is 15.9. The van der Waals surface area contributed by atoms with E-state index >= 15 is 0 Å². The molecule has 0 fully saturated rings. The Morgan fingerprint density at radius 1 is 1.07 bits per heavy atom. The van der Waals surface area contributed by atoms with Crippen LogP contribution in [-0.4, -0.2) is 60.2 Å². The van der Waals surface area contributed by atoms with Gasteiger partial charge in [0.05, 0.1) is 23.1 Å². The highest BCUT2D eigenvalue weighted by Crippen LogP contribution is 2.35. The van der Waals surface area contributed by atoms with Crippen LogP contribution in [0, 0.1) is 23.7 Å². The molecule has 1 unspecified atom stereocenters. The van der Waals surface area contributed by atoms with Crippen LogP contribution in [0.5, 0.6) is 0 Å². The van der Waals surface area contributed by atoms with E-state index in [1.165, 1.54) is 4.31 Å². The smallest absolute Gasteiger partial charge is 0.407 e. The number of nitriles is 1. The summed E-state index contributed by atoms with van der Waals surface area (Å²) >= 11 is 0. The molecule has 0 aromatic heterocycles. The van der Waals surface area contributed by atoms with Gasteiger partial charge < -0.3 is 20.6 Å². The van der Waals surface area contributed by atoms with Crippen LogP contribution in [0.1, 0.15) is 71.4 Å². The molecule has 0 saturated heterocycles. The Labute approximate surface area is 245 Å². The van der Waals surface area contributed by atoms with Crippen molar-refractivity contribution >= 4 is 16.1 Å². The largest absolute Gasteiger partial charge is 0.444 e. The van der Waals surface area contributed by atoms with Gasteiger partial charge in [0, 0.05) is 19.5 Å². The number of carbonyl (C=O) groups excluding carboxylic acids is 1. The molecule has 0 aliphatic heterocycles. The zero-order valence-electron chi connectivity index (χ0n) is 25.2. The van der Waals surface area contributed by atoms with E-state index in [1.54, 1.807) is 45.0 Å². The Kier molecular flexibility index (Phi) is 14.0. The summed E-state index contributed by atoms with van der Waals surface area (Å²) in [4.78, 5) is 12.9. The molecule has 0 aliphatic carbocycles. The van der Waals surface area contributed by atoms with Gasteiger partial charge in [-0.3, -0.25) is 0 Å². The zero-order chi connectivity index (χ0) is 30.0. The summed E-state index contributed by atoms with van der Waals surface area (Å²) in [5, 5.41) is 23.6. The molecule has 228 valence electrons. The van der Waals surface area contributed by atoms with Crippen LogP contribution in [-0.2, 0) is 21.2 Å². The maximum atomic E-state index is 14.0. The second-order valence-corrected chi connectivity index (χ2v) is 13.4. The van der Waals surface area contributed by atoms with Crippen molar-refractivity contribution in [1.29, 1.82) is 5.26 Å². The Bertz CT molecular complexity index is 1220. The van der Waals surface area contributed by atoms with Crippen molar-refractivity contribution < 1.29 is 28.5 Å². The zero-order valence-corrected chi connectivity index (χ0v) is 26.0. The lowest BCUT2D eigenvalue weighted by Gasteiger charge is -2.38. The number of sulfonamides is 1. The molecule has 9 nitrogen and oxygen atoms in total. The molecule has 0 saturated carbocycles. The molecule has 2 rings (SSSR count). The molecular weight excluding hydrogens is 542 g/mol. The monoisotopic (exact) mass is 589 g/mol. The lowest BCUT2D eigenvalue weighted by atomic mass is 9.78. The molecule has 0 aliphatic rings. The third-order valence-electron chi connectivity index (χ3n) is 7.29. The topological polar surface area (TPSA) is 151 Å². The highest BCUT2D eigenvalue weighted by Gasteiger charge is 2.37. The minimum Gasteiger partial charge on any atom is -0.444 e. The van der Waals surface area contributed by atoms with E-state index in [0.29, 0.717) is 25.7 Å². The summed E-state index contributed by atoms with van der Waals surface area (Å²) in [6.07, 6.45) is 0.535. The number of hydrogen-bond donors (Lipinski definition) is 2. The SMILES string of the molecule is CCC(CC)(CCC#N)CN(CC(O)[C@H](Cc1ccccc1)NC(=O)OC(C)(C)C)S(=O)(=O)c1ccc(C)cc1.O. The maximum absolute atomic E-state index is 14.0. The van der Waals surface area contributed by atoms with Crippen LogP contribution >= 0.6 is 0 Å². The van der Waals surface area contributed by atoms with Gasteiger partial charge in [0.15, 0.2) is 0 Å². The van der Waals surface area contributed by atoms with Gasteiger partial charge in [-0.1, -0.05) is 61.9 Å². The standard InChI is InChI=1S/C31H45N3O5S.H2O/c1-7-31(8-2,19-12-20-32)23-34(40(37,38)26-17-15-24(3)16-18-26)22-28(35)27(21-25-13-10-9-11-14-25)33-29(36)39-30(4,5)6;/h9-11,13-18,27-28,35H,7-8,12,19,21-23H2,1-6H3,(H,33,36);1H2/t27-,28?;/m0./s1. The van der Waals surface area contributed by atoms with Gasteiger partial charge in [-0.15, -0.1) is 0 Å². The average Bonchev–Trinajstić information content (AvgIpc) is 2.90. The van der Waals surface area contributed by atoms with Crippen LogP contribution in [0.15, 0.2) is 59.5 Å². The van der Waals surface area contributed by atoms with E-state index in [2.05, 4.69) is 11.4 Å². The number of aliphatic hydroxyl groups excluding tert-OH is 1. The van der Waals surface area contributed by atoms with Crippen molar-refractivity contribution in [3.63, 3.8) is 0 Å². The van der Waals surface area contributed by atoms with Crippen LogP contribution in [0.2, 0.25) is 0 Å². The number of hydrogen-bond acceptors (Lipinski definition) is 6. The van der Waals surface area contributed by atoms with Gasteiger partial charge in [0.1, 0.15) is 5.60 Å². The molecule has 0 radical (unpaired) electrons. The first-order valence-corrected chi connectivity index (χ1v) is 15.3. The van der Waals surface area contributed by atoms with E-state index in [1.807, 2.05) is 51.1 Å². The van der Waals surface area contributed by atoms with Crippen molar-refractivity contribution in [2.75, 3.05) is 13.1 Å². The number of ether oxygens (including phenoxy) is 1. The number of nitrogens with zero attached hydrogens (tertiary/aromatic N) is 2. The van der Waals surface area contributed by atoms with Crippen molar-refractivity contribution in [2.45, 2.75) is 96.3 Å². The van der Waals surface area contributed by atoms with Crippen molar-refractivity contribution in [3.8, 4) is 6.07 Å². The van der Waals surface area contributed by atoms with Crippen LogP contribution in [0.3, 0.4) is 0 Å². The molecule has 2 aromatic rings. The number of benzene rings is 2. The first-order chi connectivity index (χ1) is 18.7. The number of amides is 1. The van der Waals surface area contributed by atoms with E-state index in [0.717, 1.165) is 11.1 Å². The molecule has 0 heterocycles. The first kappa shape index (κ1) is 36.1. The molecule has 41 heavy (non-hydrogen) atoms. The molecule has 4 N–H and O–H groups in total. The van der Waals surface area contributed by atoms with Gasteiger partial charge >= 0.3 is 6.09 Å². The van der Waals surface area contributed by atoms with Gasteiger partial charge in [-0.2, -0.15) is 9.57 Å². The number of nitrogens with one attached hydrogen (secondary N) is 1. The molecule has 10 heteroatoms. The van der Waals surface area contributed by atoms with E-state index < -0.39 is 39.3 Å². The predicted molar refractivity (Wildman–Crippen MR) is 161 cm³/mol. The summed E-state index contributed by atoms with van der Waals surface area (Å²) in [6, 6.07) is 17.4. The van der Waals surface area contributed by atoms with Gasteiger partial charge in [-0.05, 0) is 76.5 Å². The highest BCUT2D eigenvalue weighted by molar-refractivity contribution is 7.89. The minimum absolute atomic E-state index is 0. The Morgan fingerprint density at radius 3 is 2.17 bits per heavy atom. The van der Waals surface area contributed by atoms with Crippen LogP contribution in [0.4, 0.5) is 4.79 Å². The summed E-state index contributed by atoms with van der Waals surface area (Å²) in [5.74, 6) is 0. The third-order valence-corrected chi connectivity index (χ3v) is 9.12. The maximum Gasteiger partial charge on any atom is 0.407 e. The third kappa shape index (κ3) is 11.1. The quantitative estimate of drug-likeness (QED) is 0.324.